The van der Waals surface area contributed by atoms with E-state index in [0.717, 1.165) is 49.6 Å². The number of likely N-dealkylation sites (tertiary alicyclic amines) is 1. The largest absolute Gasteiger partial charge is 0.489 e. The molecule has 0 saturated carbocycles. The molecule has 7 heteroatoms. The van der Waals surface area contributed by atoms with Gasteiger partial charge in [-0.05, 0) is 42.7 Å². The number of anilines is 2. The van der Waals surface area contributed by atoms with Crippen LogP contribution in [0.2, 0.25) is 0 Å². The van der Waals surface area contributed by atoms with E-state index in [4.69, 9.17) is 10.5 Å². The summed E-state index contributed by atoms with van der Waals surface area (Å²) >= 11 is 0. The zero-order valence-electron chi connectivity index (χ0n) is 20.8. The Balaban J connectivity index is 1.27. The topological polar surface area (TPSA) is 75.8 Å². The van der Waals surface area contributed by atoms with Crippen LogP contribution in [0.4, 0.5) is 11.4 Å². The van der Waals surface area contributed by atoms with Crippen LogP contribution < -0.4 is 20.7 Å². The van der Waals surface area contributed by atoms with E-state index in [1.54, 1.807) is 0 Å². The number of para-hydroxylation sites is 1. The number of rotatable bonds is 4. The maximum absolute atomic E-state index is 13.4. The van der Waals surface area contributed by atoms with Gasteiger partial charge in [-0.3, -0.25) is 4.79 Å². The maximum atomic E-state index is 13.4. The molecule has 3 N–H and O–H groups in total. The minimum Gasteiger partial charge on any atom is -0.489 e. The van der Waals surface area contributed by atoms with Crippen LogP contribution in [0.1, 0.15) is 40.6 Å². The van der Waals surface area contributed by atoms with Gasteiger partial charge in [0.1, 0.15) is 24.2 Å². The van der Waals surface area contributed by atoms with Crippen molar-refractivity contribution in [3.63, 3.8) is 0 Å². The number of nitrogens with one attached hydrogen (secondary N) is 1. The van der Waals surface area contributed by atoms with Crippen molar-refractivity contribution in [2.75, 3.05) is 36.5 Å². The number of amides is 1. The Hall–Kier alpha value is -3.97. The molecule has 3 aliphatic rings. The van der Waals surface area contributed by atoms with Gasteiger partial charge in [0, 0.05) is 42.1 Å². The molecule has 37 heavy (non-hydrogen) atoms. The average molecular weight is 494 g/mol. The van der Waals surface area contributed by atoms with Crippen molar-refractivity contribution in [3.05, 3.63) is 89.6 Å². The molecule has 1 saturated heterocycles. The zero-order chi connectivity index (χ0) is 24.9. The lowest BCUT2D eigenvalue weighted by Crippen LogP contribution is -2.45. The summed E-state index contributed by atoms with van der Waals surface area (Å²) in [5, 5.41) is 4.98. The highest BCUT2D eigenvalue weighted by Gasteiger charge is 2.38. The number of hydrogen-bond donors (Lipinski definition) is 2. The lowest BCUT2D eigenvalue weighted by atomic mass is 10.0. The van der Waals surface area contributed by atoms with Crippen molar-refractivity contribution in [2.24, 2.45) is 5.73 Å². The molecule has 7 nitrogen and oxygen atoms in total. The summed E-state index contributed by atoms with van der Waals surface area (Å²) in [6.07, 6.45) is 1.86. The van der Waals surface area contributed by atoms with Gasteiger partial charge in [0.25, 0.3) is 5.91 Å². The molecule has 2 unspecified atom stereocenters. The first-order chi connectivity index (χ1) is 18.2. The SMILES string of the molecule is NC1CCCN(C(=O)c2cc3c4c(c2)OCCN4C(c2cc4ccccc4n2Cc2ccccc2)N3)C1. The quantitative estimate of drug-likeness (QED) is 0.435. The Morgan fingerprint density at radius 3 is 2.73 bits per heavy atom. The number of carbonyl (C=O) groups excluding carboxylic acids is 1. The van der Waals surface area contributed by atoms with Crippen LogP contribution in [0.5, 0.6) is 5.75 Å². The normalized spacial score (nSPS) is 20.5. The third-order valence-electron chi connectivity index (χ3n) is 7.85. The van der Waals surface area contributed by atoms with Crippen molar-refractivity contribution in [2.45, 2.75) is 31.6 Å². The minimum absolute atomic E-state index is 0.0263. The number of hydrogen-bond acceptors (Lipinski definition) is 5. The molecule has 0 bridgehead atoms. The second kappa shape index (κ2) is 8.85. The van der Waals surface area contributed by atoms with Crippen LogP contribution in [-0.4, -0.2) is 47.7 Å². The second-order valence-electron chi connectivity index (χ2n) is 10.3. The molecular weight excluding hydrogens is 462 g/mol. The maximum Gasteiger partial charge on any atom is 0.254 e. The number of carbonyl (C=O) groups is 1. The molecule has 1 amide bonds. The summed E-state index contributed by atoms with van der Waals surface area (Å²) in [5.41, 5.74) is 12.5. The molecule has 4 aromatic rings. The number of fused-ring (bicyclic) bond motifs is 1. The molecule has 2 atom stereocenters. The standard InChI is InChI=1S/C30H31N5O2/c31-23-10-6-12-33(19-23)30(36)22-15-24-28-27(17-22)37-14-13-34(28)29(32-24)26-16-21-9-4-5-11-25(21)35(26)18-20-7-2-1-3-8-20/h1-5,7-9,11,15-17,23,29,32H,6,10,12-14,18-19,31H2. The van der Waals surface area contributed by atoms with E-state index in [9.17, 15) is 4.79 Å². The highest BCUT2D eigenvalue weighted by atomic mass is 16.5. The molecule has 1 aromatic heterocycles. The Morgan fingerprint density at radius 1 is 1.03 bits per heavy atom. The van der Waals surface area contributed by atoms with Crippen molar-refractivity contribution in [3.8, 4) is 5.75 Å². The van der Waals surface area contributed by atoms with Gasteiger partial charge in [-0.15, -0.1) is 0 Å². The highest BCUT2D eigenvalue weighted by molar-refractivity contribution is 5.99. The van der Waals surface area contributed by atoms with Crippen molar-refractivity contribution >= 4 is 28.2 Å². The third-order valence-corrected chi connectivity index (χ3v) is 7.85. The van der Waals surface area contributed by atoms with Gasteiger partial charge in [-0.2, -0.15) is 0 Å². The number of ether oxygens (including phenoxy) is 1. The van der Waals surface area contributed by atoms with Crippen LogP contribution in [0, 0.1) is 0 Å². The van der Waals surface area contributed by atoms with Gasteiger partial charge in [-0.1, -0.05) is 48.5 Å². The Labute approximate surface area is 216 Å². The first kappa shape index (κ1) is 22.2. The van der Waals surface area contributed by atoms with Crippen LogP contribution >= 0.6 is 0 Å². The molecule has 3 aromatic carbocycles. The van der Waals surface area contributed by atoms with Gasteiger partial charge in [-0.25, -0.2) is 0 Å². The number of nitrogens with zero attached hydrogens (tertiary/aromatic N) is 3. The van der Waals surface area contributed by atoms with Gasteiger partial charge in [0.15, 0.2) is 0 Å². The van der Waals surface area contributed by atoms with E-state index >= 15 is 0 Å². The zero-order valence-corrected chi connectivity index (χ0v) is 20.8. The summed E-state index contributed by atoms with van der Waals surface area (Å²) in [5.74, 6) is 0.799. The van der Waals surface area contributed by atoms with Gasteiger partial charge in [0.2, 0.25) is 0 Å². The highest BCUT2D eigenvalue weighted by Crippen LogP contribution is 2.50. The number of piperidine rings is 1. The van der Waals surface area contributed by atoms with E-state index in [0.29, 0.717) is 18.7 Å². The fourth-order valence-electron chi connectivity index (χ4n) is 6.11. The van der Waals surface area contributed by atoms with Crippen LogP contribution in [0.25, 0.3) is 10.9 Å². The van der Waals surface area contributed by atoms with Gasteiger partial charge < -0.3 is 30.2 Å². The Kier molecular flexibility index (Phi) is 5.32. The third kappa shape index (κ3) is 3.81. The molecule has 4 heterocycles. The Morgan fingerprint density at radius 2 is 1.86 bits per heavy atom. The fourth-order valence-corrected chi connectivity index (χ4v) is 6.11. The second-order valence-corrected chi connectivity index (χ2v) is 10.3. The first-order valence-corrected chi connectivity index (χ1v) is 13.2. The van der Waals surface area contributed by atoms with Crippen LogP contribution in [-0.2, 0) is 6.54 Å². The molecule has 3 aliphatic heterocycles. The number of nitrogens with two attached hydrogens (primary N) is 1. The number of benzene rings is 3. The van der Waals surface area contributed by atoms with Gasteiger partial charge in [0.05, 0.1) is 17.9 Å². The summed E-state index contributed by atoms with van der Waals surface area (Å²) in [7, 11) is 0. The van der Waals surface area contributed by atoms with Crippen molar-refractivity contribution < 1.29 is 9.53 Å². The molecule has 188 valence electrons. The van der Waals surface area contributed by atoms with Gasteiger partial charge >= 0.3 is 0 Å². The van der Waals surface area contributed by atoms with E-state index in [1.807, 2.05) is 17.0 Å². The molecule has 0 spiro atoms. The number of aromatic nitrogens is 1. The molecule has 0 aliphatic carbocycles. The van der Waals surface area contributed by atoms with Crippen LogP contribution in [0.3, 0.4) is 0 Å². The summed E-state index contributed by atoms with van der Waals surface area (Å²) in [6, 6.07) is 25.4. The fraction of sp³-hybridized carbons (Fsp3) is 0.300. The average Bonchev–Trinajstić information content (AvgIpc) is 3.48. The molecule has 1 fully saturated rings. The Bertz CT molecular complexity index is 1480. The minimum atomic E-state index is -0.0532. The molecule has 7 rings (SSSR count). The predicted octanol–water partition coefficient (Wildman–Crippen LogP) is 4.58. The van der Waals surface area contributed by atoms with E-state index in [1.165, 1.54) is 22.2 Å². The molecular formula is C30H31N5O2. The molecule has 0 radical (unpaired) electrons. The monoisotopic (exact) mass is 493 g/mol. The first-order valence-electron chi connectivity index (χ1n) is 13.2. The lowest BCUT2D eigenvalue weighted by Gasteiger charge is -2.33. The van der Waals surface area contributed by atoms with E-state index < -0.39 is 0 Å². The lowest BCUT2D eigenvalue weighted by molar-refractivity contribution is 0.0708. The summed E-state index contributed by atoms with van der Waals surface area (Å²) in [4.78, 5) is 17.7. The van der Waals surface area contributed by atoms with Crippen molar-refractivity contribution in [1.29, 1.82) is 0 Å². The van der Waals surface area contributed by atoms with Crippen molar-refractivity contribution in [1.82, 2.24) is 9.47 Å². The smallest absolute Gasteiger partial charge is 0.254 e. The van der Waals surface area contributed by atoms with E-state index in [2.05, 4.69) is 75.4 Å². The predicted molar refractivity (Wildman–Crippen MR) is 146 cm³/mol. The van der Waals surface area contributed by atoms with E-state index in [-0.39, 0.29) is 18.1 Å². The summed E-state index contributed by atoms with van der Waals surface area (Å²) in [6.45, 7) is 3.50. The van der Waals surface area contributed by atoms with Crippen LogP contribution in [0.15, 0.2) is 72.8 Å². The summed E-state index contributed by atoms with van der Waals surface area (Å²) < 4.78 is 8.51.